The number of rotatable bonds is 9. The molecule has 3 aromatic rings. The molecule has 0 aliphatic carbocycles. The fourth-order valence-electron chi connectivity index (χ4n) is 3.60. The summed E-state index contributed by atoms with van der Waals surface area (Å²) in [6, 6.07) is 9.29. The van der Waals surface area contributed by atoms with E-state index in [1.807, 2.05) is 38.1 Å². The van der Waals surface area contributed by atoms with Gasteiger partial charge < -0.3 is 9.30 Å². The van der Waals surface area contributed by atoms with E-state index in [2.05, 4.69) is 18.4 Å². The van der Waals surface area contributed by atoms with E-state index >= 15 is 0 Å². The van der Waals surface area contributed by atoms with Gasteiger partial charge in [-0.25, -0.2) is 4.98 Å². The Hall–Kier alpha value is -2.38. The molecule has 160 valence electrons. The summed E-state index contributed by atoms with van der Waals surface area (Å²) in [7, 11) is 1.67. The summed E-state index contributed by atoms with van der Waals surface area (Å²) in [5.41, 5.74) is 3.31. The molecule has 7 heteroatoms. The first-order chi connectivity index (χ1) is 14.3. The van der Waals surface area contributed by atoms with Crippen LogP contribution in [0.3, 0.4) is 0 Å². The number of fused-ring (bicyclic) bond motifs is 1. The number of ketones is 1. The number of aromatic nitrogens is 3. The van der Waals surface area contributed by atoms with E-state index in [4.69, 9.17) is 9.72 Å². The van der Waals surface area contributed by atoms with Crippen LogP contribution in [0.15, 0.2) is 40.3 Å². The van der Waals surface area contributed by atoms with Gasteiger partial charge in [0.25, 0.3) is 5.56 Å². The van der Waals surface area contributed by atoms with Crippen molar-refractivity contribution in [2.24, 2.45) is 5.92 Å². The Morgan fingerprint density at radius 2 is 1.93 bits per heavy atom. The summed E-state index contributed by atoms with van der Waals surface area (Å²) in [6.45, 7) is 9.97. The first-order valence-electron chi connectivity index (χ1n) is 10.1. The molecule has 0 saturated heterocycles. The van der Waals surface area contributed by atoms with Gasteiger partial charge >= 0.3 is 0 Å². The third kappa shape index (κ3) is 4.68. The number of nitrogens with zero attached hydrogens (tertiary/aromatic N) is 3. The quantitative estimate of drug-likeness (QED) is 0.292. The molecule has 0 unspecified atom stereocenters. The largest absolute Gasteiger partial charge is 0.383 e. The highest BCUT2D eigenvalue weighted by Gasteiger charge is 2.18. The Morgan fingerprint density at radius 1 is 1.20 bits per heavy atom. The van der Waals surface area contributed by atoms with Crippen molar-refractivity contribution in [1.29, 1.82) is 0 Å². The predicted octanol–water partition coefficient (Wildman–Crippen LogP) is 4.09. The lowest BCUT2D eigenvalue weighted by Crippen LogP contribution is -2.25. The standard InChI is InChI=1S/C23H29N3O3S/c1-15(2)13-26-22(28)18-8-6-7-9-20(18)24-23(26)30-14-21(27)19-12-16(3)25(17(19)4)10-11-29-5/h6-9,12,15H,10-11,13-14H2,1-5H3. The lowest BCUT2D eigenvalue weighted by Gasteiger charge is -2.14. The Balaban J connectivity index is 1.88. The van der Waals surface area contributed by atoms with Crippen LogP contribution in [0, 0.1) is 19.8 Å². The Bertz CT molecular complexity index is 1110. The summed E-state index contributed by atoms with van der Waals surface area (Å²) in [5.74, 6) is 0.563. The summed E-state index contributed by atoms with van der Waals surface area (Å²) in [4.78, 5) is 30.7. The number of benzene rings is 1. The Morgan fingerprint density at radius 3 is 2.63 bits per heavy atom. The highest BCUT2D eigenvalue weighted by atomic mass is 32.2. The third-order valence-electron chi connectivity index (χ3n) is 5.10. The number of carbonyl (C=O) groups is 1. The number of aryl methyl sites for hydroxylation is 1. The van der Waals surface area contributed by atoms with Crippen LogP contribution in [0.2, 0.25) is 0 Å². The average molecular weight is 428 g/mol. The number of hydrogen-bond donors (Lipinski definition) is 0. The SMILES string of the molecule is COCCn1c(C)cc(C(=O)CSc2nc3ccccc3c(=O)n2CC(C)C)c1C. The maximum Gasteiger partial charge on any atom is 0.262 e. The molecule has 0 N–H and O–H groups in total. The van der Waals surface area contributed by atoms with Gasteiger partial charge in [-0.1, -0.05) is 37.7 Å². The Kier molecular flexibility index (Phi) is 7.15. The zero-order valence-corrected chi connectivity index (χ0v) is 19.1. The van der Waals surface area contributed by atoms with Crippen molar-refractivity contribution in [1.82, 2.24) is 14.1 Å². The predicted molar refractivity (Wildman–Crippen MR) is 122 cm³/mol. The van der Waals surface area contributed by atoms with Crippen molar-refractivity contribution in [3.05, 3.63) is 57.6 Å². The van der Waals surface area contributed by atoms with Crippen LogP contribution in [0.1, 0.15) is 35.6 Å². The van der Waals surface area contributed by atoms with Gasteiger partial charge in [0, 0.05) is 37.2 Å². The highest BCUT2D eigenvalue weighted by Crippen LogP contribution is 2.22. The molecule has 0 saturated carbocycles. The molecule has 3 rings (SSSR count). The van der Waals surface area contributed by atoms with E-state index in [0.717, 1.165) is 23.5 Å². The molecule has 0 aliphatic heterocycles. The van der Waals surface area contributed by atoms with Crippen LogP contribution < -0.4 is 5.56 Å². The topological polar surface area (TPSA) is 66.1 Å². The van der Waals surface area contributed by atoms with Gasteiger partial charge in [0.05, 0.1) is 23.3 Å². The highest BCUT2D eigenvalue weighted by molar-refractivity contribution is 7.99. The fraction of sp³-hybridized carbons (Fsp3) is 0.435. The second kappa shape index (κ2) is 9.62. The van der Waals surface area contributed by atoms with Crippen LogP contribution in [-0.4, -0.2) is 39.4 Å². The maximum absolute atomic E-state index is 13.0. The minimum atomic E-state index is -0.0537. The van der Waals surface area contributed by atoms with Crippen molar-refractivity contribution >= 4 is 28.4 Å². The van der Waals surface area contributed by atoms with E-state index < -0.39 is 0 Å². The first kappa shape index (κ1) is 22.3. The molecule has 6 nitrogen and oxygen atoms in total. The fourth-order valence-corrected chi connectivity index (χ4v) is 4.49. The van der Waals surface area contributed by atoms with E-state index in [1.165, 1.54) is 11.8 Å². The van der Waals surface area contributed by atoms with Gasteiger partial charge in [0.2, 0.25) is 0 Å². The zero-order valence-electron chi connectivity index (χ0n) is 18.3. The summed E-state index contributed by atoms with van der Waals surface area (Å²) >= 11 is 1.33. The molecule has 0 atom stereocenters. The van der Waals surface area contributed by atoms with Crippen LogP contribution in [0.5, 0.6) is 0 Å². The van der Waals surface area contributed by atoms with Gasteiger partial charge in [0.1, 0.15) is 0 Å². The average Bonchev–Trinajstić information content (AvgIpc) is 3.00. The minimum Gasteiger partial charge on any atom is -0.383 e. The monoisotopic (exact) mass is 427 g/mol. The van der Waals surface area contributed by atoms with Crippen molar-refractivity contribution in [2.45, 2.75) is 45.9 Å². The summed E-state index contributed by atoms with van der Waals surface area (Å²) < 4.78 is 8.97. The normalized spacial score (nSPS) is 11.5. The van der Waals surface area contributed by atoms with Gasteiger partial charge in [-0.2, -0.15) is 0 Å². The second-order valence-corrected chi connectivity index (χ2v) is 8.80. The molecule has 0 bridgehead atoms. The van der Waals surface area contributed by atoms with E-state index in [0.29, 0.717) is 35.1 Å². The zero-order chi connectivity index (χ0) is 21.8. The number of thioether (sulfide) groups is 1. The van der Waals surface area contributed by atoms with Crippen LogP contribution in [-0.2, 0) is 17.8 Å². The molecule has 0 aliphatic rings. The third-order valence-corrected chi connectivity index (χ3v) is 6.08. The lowest BCUT2D eigenvalue weighted by atomic mass is 10.2. The van der Waals surface area contributed by atoms with Crippen LogP contribution in [0.4, 0.5) is 0 Å². The van der Waals surface area contributed by atoms with Gasteiger partial charge in [-0.15, -0.1) is 0 Å². The number of ether oxygens (including phenoxy) is 1. The number of hydrogen-bond acceptors (Lipinski definition) is 5. The van der Waals surface area contributed by atoms with E-state index in [-0.39, 0.29) is 17.1 Å². The summed E-state index contributed by atoms with van der Waals surface area (Å²) in [5, 5.41) is 1.20. The van der Waals surface area contributed by atoms with Crippen molar-refractivity contribution in [3.8, 4) is 0 Å². The first-order valence-corrected chi connectivity index (χ1v) is 11.1. The van der Waals surface area contributed by atoms with E-state index in [9.17, 15) is 9.59 Å². The van der Waals surface area contributed by atoms with Gasteiger partial charge in [-0.3, -0.25) is 14.2 Å². The molecule has 2 aromatic heterocycles. The second-order valence-electron chi connectivity index (χ2n) is 7.86. The minimum absolute atomic E-state index is 0.0373. The number of Topliss-reactive ketones (excluding diaryl/α,β-unsaturated/α-hetero) is 1. The molecule has 30 heavy (non-hydrogen) atoms. The molecule has 0 spiro atoms. The van der Waals surface area contributed by atoms with Gasteiger partial charge in [0.15, 0.2) is 10.9 Å². The van der Waals surface area contributed by atoms with Crippen molar-refractivity contribution in [2.75, 3.05) is 19.5 Å². The summed E-state index contributed by atoms with van der Waals surface area (Å²) in [6.07, 6.45) is 0. The van der Waals surface area contributed by atoms with Crippen LogP contribution >= 0.6 is 11.8 Å². The van der Waals surface area contributed by atoms with Gasteiger partial charge in [-0.05, 0) is 38.0 Å². The van der Waals surface area contributed by atoms with Crippen molar-refractivity contribution < 1.29 is 9.53 Å². The molecule has 0 amide bonds. The van der Waals surface area contributed by atoms with Crippen LogP contribution in [0.25, 0.3) is 10.9 Å². The molecule has 1 aromatic carbocycles. The van der Waals surface area contributed by atoms with Crippen molar-refractivity contribution in [3.63, 3.8) is 0 Å². The maximum atomic E-state index is 13.0. The van der Waals surface area contributed by atoms with E-state index in [1.54, 1.807) is 17.7 Å². The lowest BCUT2D eigenvalue weighted by molar-refractivity contribution is 0.102. The molecule has 0 radical (unpaired) electrons. The molecular weight excluding hydrogens is 398 g/mol. The number of methoxy groups -OCH3 is 1. The molecule has 0 fully saturated rings. The Labute approximate surface area is 181 Å². The molecule has 2 heterocycles. The smallest absolute Gasteiger partial charge is 0.262 e. The number of para-hydroxylation sites is 1. The molecular formula is C23H29N3O3S. The number of carbonyl (C=O) groups excluding carboxylic acids is 1.